The summed E-state index contributed by atoms with van der Waals surface area (Å²) in [6.07, 6.45) is 0. The number of hydrogen-bond acceptors (Lipinski definition) is 2. The maximum absolute atomic E-state index is 12.1. The molecule has 0 spiro atoms. The number of nitrogens with one attached hydrogen (secondary N) is 2. The van der Waals surface area contributed by atoms with Crippen LogP contribution in [0, 0.1) is 18.8 Å². The first-order chi connectivity index (χ1) is 8.08. The number of carbonyl (C=O) groups is 1. The summed E-state index contributed by atoms with van der Waals surface area (Å²) >= 11 is 6.05. The van der Waals surface area contributed by atoms with Crippen LogP contribution in [0.1, 0.15) is 12.5 Å². The van der Waals surface area contributed by atoms with Gasteiger partial charge < -0.3 is 10.6 Å². The molecule has 2 N–H and O–H groups in total. The molecule has 3 nitrogen and oxygen atoms in total. The van der Waals surface area contributed by atoms with Gasteiger partial charge in [-0.2, -0.15) is 0 Å². The second-order valence-corrected chi connectivity index (χ2v) is 5.12. The van der Waals surface area contributed by atoms with Crippen LogP contribution in [0.25, 0.3) is 0 Å². The van der Waals surface area contributed by atoms with Crippen molar-refractivity contribution in [2.24, 2.45) is 11.8 Å². The topological polar surface area (TPSA) is 41.1 Å². The number of anilines is 1. The molecule has 1 fully saturated rings. The Balaban J connectivity index is 2.10. The van der Waals surface area contributed by atoms with Crippen LogP contribution >= 0.6 is 11.6 Å². The van der Waals surface area contributed by atoms with Gasteiger partial charge in [-0.1, -0.05) is 24.6 Å². The van der Waals surface area contributed by atoms with E-state index in [1.807, 2.05) is 25.1 Å². The summed E-state index contributed by atoms with van der Waals surface area (Å²) in [6.45, 7) is 5.71. The van der Waals surface area contributed by atoms with Crippen LogP contribution in [0.15, 0.2) is 18.2 Å². The van der Waals surface area contributed by atoms with Gasteiger partial charge in [-0.15, -0.1) is 0 Å². The number of carbonyl (C=O) groups excluding carboxylic acids is 1. The number of amides is 1. The van der Waals surface area contributed by atoms with Crippen LogP contribution in [-0.4, -0.2) is 19.0 Å². The largest absolute Gasteiger partial charge is 0.324 e. The zero-order valence-corrected chi connectivity index (χ0v) is 10.8. The van der Waals surface area contributed by atoms with Gasteiger partial charge in [0.25, 0.3) is 0 Å². The Labute approximate surface area is 107 Å². The van der Waals surface area contributed by atoms with Gasteiger partial charge in [0.05, 0.1) is 16.6 Å². The Hall–Kier alpha value is -1.06. The zero-order chi connectivity index (χ0) is 12.4. The van der Waals surface area contributed by atoms with Crippen LogP contribution in [0.5, 0.6) is 0 Å². The number of hydrogen-bond donors (Lipinski definition) is 2. The minimum Gasteiger partial charge on any atom is -0.324 e. The minimum absolute atomic E-state index is 0.0339. The van der Waals surface area contributed by atoms with Gasteiger partial charge in [0.1, 0.15) is 0 Å². The Morgan fingerprint density at radius 1 is 1.47 bits per heavy atom. The van der Waals surface area contributed by atoms with E-state index in [4.69, 9.17) is 11.6 Å². The van der Waals surface area contributed by atoms with Gasteiger partial charge in [0.15, 0.2) is 0 Å². The fraction of sp³-hybridized carbons (Fsp3) is 0.462. The Morgan fingerprint density at radius 2 is 2.24 bits per heavy atom. The molecular weight excluding hydrogens is 236 g/mol. The highest BCUT2D eigenvalue weighted by Crippen LogP contribution is 2.25. The normalized spacial score (nSPS) is 23.7. The van der Waals surface area contributed by atoms with Crippen molar-refractivity contribution in [3.8, 4) is 0 Å². The molecule has 0 aliphatic carbocycles. The van der Waals surface area contributed by atoms with Crippen LogP contribution in [0.2, 0.25) is 5.02 Å². The fourth-order valence-electron chi connectivity index (χ4n) is 2.12. The molecule has 0 aromatic heterocycles. The van der Waals surface area contributed by atoms with Gasteiger partial charge >= 0.3 is 0 Å². The van der Waals surface area contributed by atoms with E-state index >= 15 is 0 Å². The van der Waals surface area contributed by atoms with Crippen molar-refractivity contribution in [1.82, 2.24) is 5.32 Å². The van der Waals surface area contributed by atoms with E-state index in [0.29, 0.717) is 16.6 Å². The molecule has 4 heteroatoms. The molecule has 0 radical (unpaired) electrons. The van der Waals surface area contributed by atoms with Crippen LogP contribution in [-0.2, 0) is 4.79 Å². The first-order valence-electron chi connectivity index (χ1n) is 5.85. The lowest BCUT2D eigenvalue weighted by Crippen LogP contribution is -2.27. The first-order valence-corrected chi connectivity index (χ1v) is 6.23. The van der Waals surface area contributed by atoms with Crippen molar-refractivity contribution in [1.29, 1.82) is 0 Å². The molecule has 1 heterocycles. The van der Waals surface area contributed by atoms with Crippen LogP contribution in [0.3, 0.4) is 0 Å². The third-order valence-corrected chi connectivity index (χ3v) is 3.56. The van der Waals surface area contributed by atoms with Gasteiger partial charge in [-0.05, 0) is 37.1 Å². The van der Waals surface area contributed by atoms with E-state index in [1.54, 1.807) is 0 Å². The molecular formula is C13H17ClN2O. The summed E-state index contributed by atoms with van der Waals surface area (Å²) in [6, 6.07) is 5.63. The predicted molar refractivity (Wildman–Crippen MR) is 70.3 cm³/mol. The van der Waals surface area contributed by atoms with E-state index < -0.39 is 0 Å². The highest BCUT2D eigenvalue weighted by Gasteiger charge is 2.29. The molecule has 1 aromatic carbocycles. The minimum atomic E-state index is 0.0339. The zero-order valence-electron chi connectivity index (χ0n) is 10.1. The third kappa shape index (κ3) is 2.79. The summed E-state index contributed by atoms with van der Waals surface area (Å²) in [5.41, 5.74) is 1.79. The van der Waals surface area contributed by atoms with Gasteiger partial charge in [0, 0.05) is 6.54 Å². The second-order valence-electron chi connectivity index (χ2n) is 4.71. The van der Waals surface area contributed by atoms with Crippen molar-refractivity contribution in [3.05, 3.63) is 28.8 Å². The lowest BCUT2D eigenvalue weighted by molar-refractivity contribution is -0.120. The van der Waals surface area contributed by atoms with E-state index in [9.17, 15) is 4.79 Å². The number of aryl methyl sites for hydroxylation is 1. The lowest BCUT2D eigenvalue weighted by atomic mass is 9.97. The molecule has 1 amide bonds. The smallest absolute Gasteiger partial charge is 0.229 e. The van der Waals surface area contributed by atoms with E-state index in [0.717, 1.165) is 18.7 Å². The number of benzene rings is 1. The molecule has 1 aliphatic rings. The lowest BCUT2D eigenvalue weighted by Gasteiger charge is -2.15. The Bertz CT molecular complexity index is 433. The third-order valence-electron chi connectivity index (χ3n) is 3.23. The van der Waals surface area contributed by atoms with E-state index in [2.05, 4.69) is 17.6 Å². The van der Waals surface area contributed by atoms with Crippen molar-refractivity contribution in [2.45, 2.75) is 13.8 Å². The summed E-state index contributed by atoms with van der Waals surface area (Å²) in [5.74, 6) is 0.458. The summed E-state index contributed by atoms with van der Waals surface area (Å²) in [4.78, 5) is 12.1. The Morgan fingerprint density at radius 3 is 2.88 bits per heavy atom. The van der Waals surface area contributed by atoms with Crippen LogP contribution in [0.4, 0.5) is 5.69 Å². The molecule has 1 saturated heterocycles. The predicted octanol–water partition coefficient (Wildman–Crippen LogP) is 2.44. The first kappa shape index (κ1) is 12.4. The molecule has 92 valence electrons. The van der Waals surface area contributed by atoms with Crippen LogP contribution < -0.4 is 10.6 Å². The van der Waals surface area contributed by atoms with Gasteiger partial charge in [0.2, 0.25) is 5.91 Å². The average Bonchev–Trinajstić information content (AvgIpc) is 2.70. The second kappa shape index (κ2) is 5.07. The number of rotatable bonds is 2. The van der Waals surface area contributed by atoms with Gasteiger partial charge in [-0.25, -0.2) is 0 Å². The van der Waals surface area contributed by atoms with E-state index in [1.165, 1.54) is 0 Å². The van der Waals surface area contributed by atoms with Crippen molar-refractivity contribution < 1.29 is 4.79 Å². The molecule has 2 rings (SSSR count). The molecule has 0 unspecified atom stereocenters. The molecule has 2 atom stereocenters. The maximum Gasteiger partial charge on any atom is 0.229 e. The monoisotopic (exact) mass is 252 g/mol. The summed E-state index contributed by atoms with van der Waals surface area (Å²) in [7, 11) is 0. The highest BCUT2D eigenvalue weighted by molar-refractivity contribution is 6.33. The molecule has 0 bridgehead atoms. The number of halogens is 1. The van der Waals surface area contributed by atoms with Crippen molar-refractivity contribution in [2.75, 3.05) is 18.4 Å². The SMILES string of the molecule is Cc1ccc(Cl)c(NC(=O)[C@@H]2CNC[C@H]2C)c1. The van der Waals surface area contributed by atoms with Crippen molar-refractivity contribution in [3.63, 3.8) is 0 Å². The van der Waals surface area contributed by atoms with E-state index in [-0.39, 0.29) is 11.8 Å². The maximum atomic E-state index is 12.1. The molecule has 17 heavy (non-hydrogen) atoms. The molecule has 1 aliphatic heterocycles. The molecule has 0 saturated carbocycles. The Kier molecular flexibility index (Phi) is 3.69. The van der Waals surface area contributed by atoms with Gasteiger partial charge in [-0.3, -0.25) is 4.79 Å². The quantitative estimate of drug-likeness (QED) is 0.849. The van der Waals surface area contributed by atoms with Crippen molar-refractivity contribution >= 4 is 23.2 Å². The highest BCUT2D eigenvalue weighted by atomic mass is 35.5. The summed E-state index contributed by atoms with van der Waals surface area (Å²) in [5, 5.41) is 6.72. The average molecular weight is 253 g/mol. The molecule has 1 aromatic rings. The fourth-order valence-corrected chi connectivity index (χ4v) is 2.29. The summed E-state index contributed by atoms with van der Waals surface area (Å²) < 4.78 is 0. The standard InChI is InChI=1S/C13H17ClN2O/c1-8-3-4-11(14)12(5-8)16-13(17)10-7-15-6-9(10)2/h3-5,9-10,15H,6-7H2,1-2H3,(H,16,17)/t9-,10-/m1/s1.